The summed E-state index contributed by atoms with van der Waals surface area (Å²) in [5, 5.41) is 0. The van der Waals surface area contributed by atoms with Crippen LogP contribution in [-0.2, 0) is 0 Å². The zero-order valence-electron chi connectivity index (χ0n) is 10.2. The first-order chi connectivity index (χ1) is 8.49. The molecule has 0 aliphatic heterocycles. The molecule has 94 valence electrons. The molecule has 0 fully saturated rings. The van der Waals surface area contributed by atoms with Gasteiger partial charge in [0, 0.05) is 10.0 Å². The Kier molecular flexibility index (Phi) is 4.23. The molecular formula is C15H13Br2F. The van der Waals surface area contributed by atoms with Gasteiger partial charge >= 0.3 is 0 Å². The van der Waals surface area contributed by atoms with Crippen molar-refractivity contribution in [3.63, 3.8) is 0 Å². The van der Waals surface area contributed by atoms with Gasteiger partial charge in [0.1, 0.15) is 5.82 Å². The Bertz CT molecular complexity index is 579. The monoisotopic (exact) mass is 370 g/mol. The number of rotatable bonds is 2. The first kappa shape index (κ1) is 13.8. The minimum Gasteiger partial charge on any atom is -0.207 e. The highest BCUT2D eigenvalue weighted by Crippen LogP contribution is 2.35. The maximum Gasteiger partial charge on any atom is 0.127 e. The van der Waals surface area contributed by atoms with E-state index >= 15 is 0 Å². The predicted molar refractivity (Wildman–Crippen MR) is 80.8 cm³/mol. The number of aryl methyl sites for hydroxylation is 2. The van der Waals surface area contributed by atoms with Crippen molar-refractivity contribution in [1.29, 1.82) is 0 Å². The van der Waals surface area contributed by atoms with Crippen LogP contribution in [0.15, 0.2) is 40.9 Å². The van der Waals surface area contributed by atoms with Crippen LogP contribution in [0.1, 0.15) is 27.1 Å². The van der Waals surface area contributed by atoms with Crippen molar-refractivity contribution in [2.45, 2.75) is 18.7 Å². The lowest BCUT2D eigenvalue weighted by atomic mass is 9.98. The van der Waals surface area contributed by atoms with Crippen LogP contribution in [0, 0.1) is 19.7 Å². The zero-order chi connectivity index (χ0) is 13.3. The second-order valence-corrected chi connectivity index (χ2v) is 6.22. The molecule has 0 saturated carbocycles. The standard InChI is InChI=1S/C15H13Br2F/c1-9-3-5-12(10(2)7-9)15(17)13-8-11(16)4-6-14(13)18/h3-8,15H,1-2H3. The lowest BCUT2D eigenvalue weighted by Crippen LogP contribution is -1.99. The van der Waals surface area contributed by atoms with E-state index in [1.165, 1.54) is 11.6 Å². The van der Waals surface area contributed by atoms with E-state index < -0.39 is 0 Å². The van der Waals surface area contributed by atoms with Gasteiger partial charge in [-0.25, -0.2) is 4.39 Å². The predicted octanol–water partition coefficient (Wildman–Crippen LogP) is 5.69. The van der Waals surface area contributed by atoms with Crippen LogP contribution in [0.3, 0.4) is 0 Å². The fraction of sp³-hybridized carbons (Fsp3) is 0.200. The van der Waals surface area contributed by atoms with Crippen LogP contribution in [0.2, 0.25) is 0 Å². The lowest BCUT2D eigenvalue weighted by Gasteiger charge is -2.15. The molecular weight excluding hydrogens is 359 g/mol. The van der Waals surface area contributed by atoms with Crippen LogP contribution in [0.5, 0.6) is 0 Å². The molecule has 0 aliphatic rings. The smallest absolute Gasteiger partial charge is 0.127 e. The quantitative estimate of drug-likeness (QED) is 0.595. The highest BCUT2D eigenvalue weighted by molar-refractivity contribution is 9.10. The number of alkyl halides is 1. The van der Waals surface area contributed by atoms with Crippen molar-refractivity contribution in [1.82, 2.24) is 0 Å². The van der Waals surface area contributed by atoms with Crippen molar-refractivity contribution < 1.29 is 4.39 Å². The van der Waals surface area contributed by atoms with Crippen molar-refractivity contribution >= 4 is 31.9 Å². The molecule has 3 heteroatoms. The summed E-state index contributed by atoms with van der Waals surface area (Å²) in [6, 6.07) is 11.2. The van der Waals surface area contributed by atoms with Gasteiger partial charge in [-0.2, -0.15) is 0 Å². The fourth-order valence-electron chi connectivity index (χ4n) is 1.99. The largest absolute Gasteiger partial charge is 0.207 e. The summed E-state index contributed by atoms with van der Waals surface area (Å²) < 4.78 is 14.7. The Morgan fingerprint density at radius 3 is 2.39 bits per heavy atom. The van der Waals surface area contributed by atoms with E-state index in [0.717, 1.165) is 15.6 Å². The summed E-state index contributed by atoms with van der Waals surface area (Å²) in [4.78, 5) is -0.129. The molecule has 0 radical (unpaired) electrons. The topological polar surface area (TPSA) is 0 Å². The van der Waals surface area contributed by atoms with Crippen LogP contribution >= 0.6 is 31.9 Å². The third kappa shape index (κ3) is 2.83. The molecule has 0 aliphatic carbocycles. The van der Waals surface area contributed by atoms with E-state index in [-0.39, 0.29) is 10.6 Å². The molecule has 0 heterocycles. The van der Waals surface area contributed by atoms with Crippen molar-refractivity contribution in [3.8, 4) is 0 Å². The third-order valence-electron chi connectivity index (χ3n) is 2.93. The molecule has 0 spiro atoms. The Labute approximate surface area is 123 Å². The number of benzene rings is 2. The van der Waals surface area contributed by atoms with E-state index in [9.17, 15) is 4.39 Å². The SMILES string of the molecule is Cc1ccc(C(Br)c2cc(Br)ccc2F)c(C)c1. The van der Waals surface area contributed by atoms with Gasteiger partial charge in [0.25, 0.3) is 0 Å². The van der Waals surface area contributed by atoms with Gasteiger partial charge in [-0.15, -0.1) is 0 Å². The average Bonchev–Trinajstić information content (AvgIpc) is 2.31. The van der Waals surface area contributed by atoms with E-state index in [4.69, 9.17) is 0 Å². The molecule has 18 heavy (non-hydrogen) atoms. The Morgan fingerprint density at radius 1 is 1.00 bits per heavy atom. The average molecular weight is 372 g/mol. The Morgan fingerprint density at radius 2 is 1.72 bits per heavy atom. The third-order valence-corrected chi connectivity index (χ3v) is 4.41. The highest BCUT2D eigenvalue weighted by Gasteiger charge is 2.16. The summed E-state index contributed by atoms with van der Waals surface area (Å²) >= 11 is 6.97. The van der Waals surface area contributed by atoms with Crippen LogP contribution in [-0.4, -0.2) is 0 Å². The number of hydrogen-bond donors (Lipinski definition) is 0. The molecule has 0 aromatic heterocycles. The second kappa shape index (κ2) is 5.54. The van der Waals surface area contributed by atoms with Gasteiger partial charge in [-0.3, -0.25) is 0 Å². The zero-order valence-corrected chi connectivity index (χ0v) is 13.3. The molecule has 2 rings (SSSR count). The molecule has 1 atom stereocenters. The van der Waals surface area contributed by atoms with Gasteiger partial charge in [-0.05, 0) is 43.2 Å². The summed E-state index contributed by atoms with van der Waals surface area (Å²) in [6.45, 7) is 4.10. The molecule has 2 aromatic carbocycles. The summed E-state index contributed by atoms with van der Waals surface area (Å²) in [7, 11) is 0. The molecule has 1 unspecified atom stereocenters. The maximum atomic E-state index is 13.9. The first-order valence-electron chi connectivity index (χ1n) is 5.65. The van der Waals surface area contributed by atoms with E-state index in [1.54, 1.807) is 6.07 Å². The summed E-state index contributed by atoms with van der Waals surface area (Å²) in [6.07, 6.45) is 0. The summed E-state index contributed by atoms with van der Waals surface area (Å²) in [5.41, 5.74) is 4.12. The lowest BCUT2D eigenvalue weighted by molar-refractivity contribution is 0.613. The maximum absolute atomic E-state index is 13.9. The van der Waals surface area contributed by atoms with Gasteiger partial charge < -0.3 is 0 Å². The van der Waals surface area contributed by atoms with E-state index in [1.807, 2.05) is 25.1 Å². The van der Waals surface area contributed by atoms with Gasteiger partial charge in [-0.1, -0.05) is 55.6 Å². The van der Waals surface area contributed by atoms with Gasteiger partial charge in [0.2, 0.25) is 0 Å². The first-order valence-corrected chi connectivity index (χ1v) is 7.36. The molecule has 0 saturated heterocycles. The number of hydrogen-bond acceptors (Lipinski definition) is 0. The van der Waals surface area contributed by atoms with Crippen LogP contribution in [0.25, 0.3) is 0 Å². The van der Waals surface area contributed by atoms with Crippen molar-refractivity contribution in [2.75, 3.05) is 0 Å². The van der Waals surface area contributed by atoms with Crippen molar-refractivity contribution in [3.05, 3.63) is 68.9 Å². The van der Waals surface area contributed by atoms with E-state index in [2.05, 4.69) is 44.8 Å². The Hall–Kier alpha value is -0.670. The molecule has 2 aromatic rings. The fourth-order valence-corrected chi connectivity index (χ4v) is 3.23. The molecule has 0 nitrogen and oxygen atoms in total. The second-order valence-electron chi connectivity index (χ2n) is 4.39. The molecule has 0 amide bonds. The van der Waals surface area contributed by atoms with Crippen LogP contribution in [0.4, 0.5) is 4.39 Å². The van der Waals surface area contributed by atoms with Crippen LogP contribution < -0.4 is 0 Å². The minimum absolute atomic E-state index is 0.129. The highest BCUT2D eigenvalue weighted by atomic mass is 79.9. The normalized spacial score (nSPS) is 12.5. The van der Waals surface area contributed by atoms with Crippen molar-refractivity contribution in [2.24, 2.45) is 0 Å². The molecule has 0 N–H and O–H groups in total. The number of halogens is 3. The van der Waals surface area contributed by atoms with E-state index in [0.29, 0.717) is 5.56 Å². The van der Waals surface area contributed by atoms with Gasteiger partial charge in [0.15, 0.2) is 0 Å². The van der Waals surface area contributed by atoms with Gasteiger partial charge in [0.05, 0.1) is 4.83 Å². The molecule has 0 bridgehead atoms. The Balaban J connectivity index is 2.47. The summed E-state index contributed by atoms with van der Waals surface area (Å²) in [5.74, 6) is -0.194. The minimum atomic E-state index is -0.194.